The van der Waals surface area contributed by atoms with Crippen LogP contribution in [0, 0.1) is 0 Å². The summed E-state index contributed by atoms with van der Waals surface area (Å²) in [6, 6.07) is 8.31. The Kier molecular flexibility index (Phi) is 6.93. The van der Waals surface area contributed by atoms with E-state index in [0.29, 0.717) is 78.5 Å². The normalized spacial score (nSPS) is 14.3. The number of hydrogen-bond acceptors (Lipinski definition) is 8. The van der Waals surface area contributed by atoms with Crippen molar-refractivity contribution in [2.45, 2.75) is 13.5 Å². The van der Waals surface area contributed by atoms with Crippen LogP contribution >= 0.6 is 0 Å². The number of carbonyl (C=O) groups excluding carboxylic acids is 1. The molecular formula is C25H28N2O7. The summed E-state index contributed by atoms with van der Waals surface area (Å²) in [6.45, 7) is 4.79. The molecule has 2 heterocycles. The molecule has 2 aromatic carbocycles. The predicted octanol–water partition coefficient (Wildman–Crippen LogP) is 3.46. The summed E-state index contributed by atoms with van der Waals surface area (Å²) in [5, 5.41) is 10.9. The third-order valence-electron chi connectivity index (χ3n) is 5.99. The first-order valence-corrected chi connectivity index (χ1v) is 11.1. The monoisotopic (exact) mass is 468 g/mol. The molecule has 9 nitrogen and oxygen atoms in total. The average molecular weight is 469 g/mol. The van der Waals surface area contributed by atoms with E-state index in [0.717, 1.165) is 0 Å². The molecule has 4 rings (SSSR count). The number of amides is 1. The van der Waals surface area contributed by atoms with Gasteiger partial charge in [0.05, 0.1) is 37.3 Å². The SMILES string of the molecule is CCOC(=O)N1CCN(Cc2c(O)ccc3c(=O)c(-c4ccc(OC)c(OC)c4)coc23)CC1. The van der Waals surface area contributed by atoms with Gasteiger partial charge < -0.3 is 28.6 Å². The van der Waals surface area contributed by atoms with Gasteiger partial charge in [-0.2, -0.15) is 0 Å². The van der Waals surface area contributed by atoms with Crippen LogP contribution in [0.2, 0.25) is 0 Å². The second-order valence-electron chi connectivity index (χ2n) is 7.95. The number of benzene rings is 2. The van der Waals surface area contributed by atoms with E-state index < -0.39 is 0 Å². The van der Waals surface area contributed by atoms with Crippen LogP contribution in [0.3, 0.4) is 0 Å². The second kappa shape index (κ2) is 10.0. The first-order chi connectivity index (χ1) is 16.5. The fourth-order valence-electron chi connectivity index (χ4n) is 4.13. The fourth-order valence-corrected chi connectivity index (χ4v) is 4.13. The maximum Gasteiger partial charge on any atom is 0.409 e. The van der Waals surface area contributed by atoms with Crippen LogP contribution < -0.4 is 14.9 Å². The lowest BCUT2D eigenvalue weighted by atomic mass is 10.0. The Labute approximate surface area is 197 Å². The van der Waals surface area contributed by atoms with Gasteiger partial charge in [-0.05, 0) is 36.8 Å². The molecule has 1 aliphatic rings. The van der Waals surface area contributed by atoms with Crippen LogP contribution in [0.5, 0.6) is 17.2 Å². The van der Waals surface area contributed by atoms with Crippen LogP contribution in [-0.2, 0) is 11.3 Å². The van der Waals surface area contributed by atoms with Crippen molar-refractivity contribution in [1.29, 1.82) is 0 Å². The van der Waals surface area contributed by atoms with Crippen molar-refractivity contribution in [2.24, 2.45) is 0 Å². The molecule has 0 saturated carbocycles. The lowest BCUT2D eigenvalue weighted by Gasteiger charge is -2.34. The van der Waals surface area contributed by atoms with Gasteiger partial charge in [-0.25, -0.2) is 4.79 Å². The van der Waals surface area contributed by atoms with E-state index in [1.807, 2.05) is 0 Å². The van der Waals surface area contributed by atoms with Crippen molar-refractivity contribution in [3.8, 4) is 28.4 Å². The molecule has 1 aliphatic heterocycles. The number of carbonyl (C=O) groups is 1. The largest absolute Gasteiger partial charge is 0.507 e. The van der Waals surface area contributed by atoms with Crippen LogP contribution in [0.4, 0.5) is 4.79 Å². The summed E-state index contributed by atoms with van der Waals surface area (Å²) in [4.78, 5) is 29.0. The van der Waals surface area contributed by atoms with Crippen molar-refractivity contribution in [3.63, 3.8) is 0 Å². The smallest absolute Gasteiger partial charge is 0.409 e. The van der Waals surface area contributed by atoms with Crippen LogP contribution in [0.15, 0.2) is 45.8 Å². The number of ether oxygens (including phenoxy) is 3. The van der Waals surface area contributed by atoms with Crippen molar-refractivity contribution < 1.29 is 28.5 Å². The molecule has 0 bridgehead atoms. The van der Waals surface area contributed by atoms with E-state index in [1.165, 1.54) is 19.4 Å². The molecule has 1 fully saturated rings. The Morgan fingerprint density at radius 2 is 1.79 bits per heavy atom. The number of nitrogens with zero attached hydrogens (tertiary/aromatic N) is 2. The fraction of sp³-hybridized carbons (Fsp3) is 0.360. The standard InChI is InChI=1S/C25H28N2O7/c1-4-33-25(30)27-11-9-26(10-12-27)14-18-20(28)7-6-17-23(29)19(15-34-24(17)18)16-5-8-21(31-2)22(13-16)32-3/h5-8,13,15,28H,4,9-12,14H2,1-3H3. The molecule has 9 heteroatoms. The summed E-state index contributed by atoms with van der Waals surface area (Å²) < 4.78 is 21.6. The van der Waals surface area contributed by atoms with Crippen molar-refractivity contribution in [1.82, 2.24) is 9.80 Å². The Hall–Kier alpha value is -3.72. The number of piperazine rings is 1. The predicted molar refractivity (Wildman–Crippen MR) is 127 cm³/mol. The lowest BCUT2D eigenvalue weighted by Crippen LogP contribution is -2.48. The third-order valence-corrected chi connectivity index (χ3v) is 5.99. The Bertz CT molecular complexity index is 1250. The molecule has 1 aromatic heterocycles. The quantitative estimate of drug-likeness (QED) is 0.587. The van der Waals surface area contributed by atoms with Crippen LogP contribution in [0.25, 0.3) is 22.1 Å². The molecule has 180 valence electrons. The van der Waals surface area contributed by atoms with Gasteiger partial charge in [-0.3, -0.25) is 9.69 Å². The van der Waals surface area contributed by atoms with E-state index in [1.54, 1.807) is 43.2 Å². The highest BCUT2D eigenvalue weighted by Gasteiger charge is 2.24. The minimum Gasteiger partial charge on any atom is -0.507 e. The Balaban J connectivity index is 1.62. The van der Waals surface area contributed by atoms with Crippen molar-refractivity contribution >= 4 is 17.1 Å². The van der Waals surface area contributed by atoms with E-state index in [-0.39, 0.29) is 17.3 Å². The lowest BCUT2D eigenvalue weighted by molar-refractivity contribution is 0.0776. The van der Waals surface area contributed by atoms with Gasteiger partial charge >= 0.3 is 6.09 Å². The molecular weight excluding hydrogens is 440 g/mol. The zero-order valence-corrected chi connectivity index (χ0v) is 19.5. The molecule has 34 heavy (non-hydrogen) atoms. The summed E-state index contributed by atoms with van der Waals surface area (Å²) in [7, 11) is 3.08. The topological polar surface area (TPSA) is 102 Å². The minimum atomic E-state index is -0.316. The molecule has 0 spiro atoms. The van der Waals surface area contributed by atoms with Crippen molar-refractivity contribution in [3.05, 3.63) is 52.4 Å². The maximum absolute atomic E-state index is 13.3. The van der Waals surface area contributed by atoms with Gasteiger partial charge in [-0.15, -0.1) is 0 Å². The number of fused-ring (bicyclic) bond motifs is 1. The van der Waals surface area contributed by atoms with Gasteiger partial charge in [0.1, 0.15) is 17.6 Å². The number of rotatable bonds is 6. The summed E-state index contributed by atoms with van der Waals surface area (Å²) in [5.74, 6) is 1.13. The van der Waals surface area contributed by atoms with Gasteiger partial charge in [0.25, 0.3) is 0 Å². The van der Waals surface area contributed by atoms with E-state index in [2.05, 4.69) is 4.90 Å². The van der Waals surface area contributed by atoms with E-state index in [9.17, 15) is 14.7 Å². The zero-order chi connectivity index (χ0) is 24.2. The van der Waals surface area contributed by atoms with Gasteiger partial charge in [0.2, 0.25) is 5.43 Å². The molecule has 1 amide bonds. The number of methoxy groups -OCH3 is 2. The Morgan fingerprint density at radius 1 is 1.06 bits per heavy atom. The first kappa shape index (κ1) is 23.4. The number of phenols is 1. The highest BCUT2D eigenvalue weighted by atomic mass is 16.6. The van der Waals surface area contributed by atoms with Crippen LogP contribution in [0.1, 0.15) is 12.5 Å². The molecule has 0 aliphatic carbocycles. The molecule has 0 radical (unpaired) electrons. The summed E-state index contributed by atoms with van der Waals surface area (Å²) in [6.07, 6.45) is 1.09. The second-order valence-corrected chi connectivity index (χ2v) is 7.95. The highest BCUT2D eigenvalue weighted by molar-refractivity contribution is 5.86. The first-order valence-electron chi connectivity index (χ1n) is 11.1. The number of aromatic hydroxyl groups is 1. The van der Waals surface area contributed by atoms with Gasteiger partial charge in [0, 0.05) is 32.7 Å². The van der Waals surface area contributed by atoms with Gasteiger partial charge in [0.15, 0.2) is 11.5 Å². The van der Waals surface area contributed by atoms with Crippen LogP contribution in [-0.4, -0.2) is 68.0 Å². The maximum atomic E-state index is 13.3. The molecule has 0 unspecified atom stereocenters. The van der Waals surface area contributed by atoms with E-state index in [4.69, 9.17) is 18.6 Å². The van der Waals surface area contributed by atoms with Crippen molar-refractivity contribution in [2.75, 3.05) is 47.0 Å². The minimum absolute atomic E-state index is 0.0577. The number of phenolic OH excluding ortho intramolecular Hbond substituents is 1. The molecule has 1 N–H and O–H groups in total. The molecule has 3 aromatic rings. The summed E-state index contributed by atoms with van der Waals surface area (Å²) >= 11 is 0. The third kappa shape index (κ3) is 4.51. The molecule has 0 atom stereocenters. The highest BCUT2D eigenvalue weighted by Crippen LogP contribution is 2.33. The average Bonchev–Trinajstić information content (AvgIpc) is 2.86. The van der Waals surface area contributed by atoms with E-state index >= 15 is 0 Å². The number of hydrogen-bond donors (Lipinski definition) is 1. The summed E-state index contributed by atoms with van der Waals surface area (Å²) in [5.41, 5.74) is 1.70. The van der Waals surface area contributed by atoms with Gasteiger partial charge in [-0.1, -0.05) is 6.07 Å². The zero-order valence-electron chi connectivity index (χ0n) is 19.5. The Morgan fingerprint density at radius 3 is 2.47 bits per heavy atom. The molecule has 1 saturated heterocycles.